The topological polar surface area (TPSA) is 88.5 Å². The second kappa shape index (κ2) is 18.2. The summed E-state index contributed by atoms with van der Waals surface area (Å²) in [6.45, 7) is 8.91. The van der Waals surface area contributed by atoms with E-state index in [0.717, 1.165) is 87.8 Å². The molecule has 0 N–H and O–H groups in total. The molecule has 0 aliphatic heterocycles. The molecule has 0 atom stereocenters. The van der Waals surface area contributed by atoms with Gasteiger partial charge in [-0.3, -0.25) is 19.9 Å². The summed E-state index contributed by atoms with van der Waals surface area (Å²) in [5.74, 6) is 1.49. The van der Waals surface area contributed by atoms with Crippen LogP contribution in [0, 0.1) is 0 Å². The van der Waals surface area contributed by atoms with E-state index in [1.54, 1.807) is 24.8 Å². The van der Waals surface area contributed by atoms with Gasteiger partial charge in [0.1, 0.15) is 22.9 Å². The third-order valence-electron chi connectivity index (χ3n) is 5.84. The summed E-state index contributed by atoms with van der Waals surface area (Å²) in [4.78, 5) is 18.0. The van der Waals surface area contributed by atoms with Crippen molar-refractivity contribution in [2.45, 2.75) is 65.2 Å². The lowest BCUT2D eigenvalue weighted by molar-refractivity contribution is 0.123. The number of rotatable bonds is 20. The summed E-state index contributed by atoms with van der Waals surface area (Å²) < 4.78 is 22.7. The largest absolute Gasteiger partial charge is 0.492 e. The highest BCUT2D eigenvalue weighted by atomic mass is 16.5. The molecule has 3 rings (SSSR count). The Morgan fingerprint density at radius 1 is 0.447 bits per heavy atom. The van der Waals surface area contributed by atoms with Gasteiger partial charge in [-0.2, -0.15) is 0 Å². The Hall–Kier alpha value is -3.10. The van der Waals surface area contributed by atoms with Gasteiger partial charge >= 0.3 is 0 Å². The van der Waals surface area contributed by atoms with Crippen LogP contribution in [0.3, 0.4) is 0 Å². The van der Waals surface area contributed by atoms with Crippen LogP contribution >= 0.6 is 0 Å². The van der Waals surface area contributed by atoms with Crippen LogP contribution < -0.4 is 9.47 Å². The quantitative estimate of drug-likeness (QED) is 0.154. The first-order valence-corrected chi connectivity index (χ1v) is 14.0. The molecule has 0 radical (unpaired) electrons. The first-order valence-electron chi connectivity index (χ1n) is 14.0. The Morgan fingerprint density at radius 2 is 0.842 bits per heavy atom. The van der Waals surface area contributed by atoms with Gasteiger partial charge in [-0.25, -0.2) is 0 Å². The van der Waals surface area contributed by atoms with Gasteiger partial charge in [0.15, 0.2) is 0 Å². The van der Waals surface area contributed by atoms with E-state index in [1.165, 1.54) is 12.8 Å². The maximum absolute atomic E-state index is 5.79. The number of unbranched alkanes of at least 4 members (excludes halogenated alkanes) is 4. The molecule has 3 aromatic heterocycles. The zero-order valence-corrected chi connectivity index (χ0v) is 22.9. The molecule has 0 spiro atoms. The van der Waals surface area contributed by atoms with Crippen molar-refractivity contribution in [3.05, 3.63) is 49.1 Å². The van der Waals surface area contributed by atoms with E-state index in [1.807, 2.05) is 24.3 Å². The number of ether oxygens (including phenoxy) is 4. The molecule has 206 valence electrons. The van der Waals surface area contributed by atoms with Crippen LogP contribution in [0.15, 0.2) is 49.1 Å². The van der Waals surface area contributed by atoms with Crippen LogP contribution in [0.1, 0.15) is 65.2 Å². The molecule has 0 saturated heterocycles. The van der Waals surface area contributed by atoms with E-state index < -0.39 is 0 Å². The average Bonchev–Trinajstić information content (AvgIpc) is 2.97. The maximum atomic E-state index is 5.79. The Balaban J connectivity index is 1.37. The summed E-state index contributed by atoms with van der Waals surface area (Å²) in [5.41, 5.74) is 2.88. The number of nitrogens with zero attached hydrogens (tertiary/aromatic N) is 4. The van der Waals surface area contributed by atoms with Gasteiger partial charge in [-0.05, 0) is 62.8 Å². The standard InChI is InChI=1S/C30H42N4O4/c1-3-5-15-35-17-7-9-19-37-25-11-13-27(31-21-25)29-23-34-30(24-33-29)28-14-12-26(22-32-28)38-20-10-8-18-36-16-6-4-2/h11-14,21-24H,3-10,15-20H2,1-2H3. The summed E-state index contributed by atoms with van der Waals surface area (Å²) in [6.07, 6.45) is 15.4. The van der Waals surface area contributed by atoms with E-state index in [-0.39, 0.29) is 0 Å². The molecule has 0 aliphatic rings. The summed E-state index contributed by atoms with van der Waals surface area (Å²) in [6, 6.07) is 7.62. The van der Waals surface area contributed by atoms with Crippen LogP contribution in [-0.4, -0.2) is 59.6 Å². The van der Waals surface area contributed by atoms with Crippen molar-refractivity contribution in [3.8, 4) is 34.3 Å². The normalized spacial score (nSPS) is 11.0. The third-order valence-corrected chi connectivity index (χ3v) is 5.84. The third kappa shape index (κ3) is 11.1. The highest BCUT2D eigenvalue weighted by Crippen LogP contribution is 2.21. The molecule has 8 heteroatoms. The van der Waals surface area contributed by atoms with Crippen molar-refractivity contribution in [1.29, 1.82) is 0 Å². The Kier molecular flexibility index (Phi) is 14.1. The maximum Gasteiger partial charge on any atom is 0.137 e. The van der Waals surface area contributed by atoms with Crippen molar-refractivity contribution >= 4 is 0 Å². The SMILES string of the molecule is CCCCOCCCCOc1ccc(-c2cnc(-c3ccc(OCCCCOCCCC)cn3)cn2)nc1. The molecule has 0 aliphatic carbocycles. The van der Waals surface area contributed by atoms with Crippen LogP contribution in [0.5, 0.6) is 11.5 Å². The van der Waals surface area contributed by atoms with Gasteiger partial charge < -0.3 is 18.9 Å². The van der Waals surface area contributed by atoms with Gasteiger partial charge in [-0.15, -0.1) is 0 Å². The smallest absolute Gasteiger partial charge is 0.137 e. The average molecular weight is 523 g/mol. The molecular formula is C30H42N4O4. The van der Waals surface area contributed by atoms with Crippen molar-refractivity contribution in [3.63, 3.8) is 0 Å². The van der Waals surface area contributed by atoms with Gasteiger partial charge in [0.2, 0.25) is 0 Å². The zero-order valence-electron chi connectivity index (χ0n) is 22.9. The Morgan fingerprint density at radius 3 is 1.21 bits per heavy atom. The molecule has 0 saturated carbocycles. The first-order chi connectivity index (χ1) is 18.8. The van der Waals surface area contributed by atoms with Gasteiger partial charge in [0, 0.05) is 26.4 Å². The fraction of sp³-hybridized carbons (Fsp3) is 0.533. The number of pyridine rings is 2. The van der Waals surface area contributed by atoms with E-state index in [4.69, 9.17) is 18.9 Å². The minimum Gasteiger partial charge on any atom is -0.492 e. The van der Waals surface area contributed by atoms with E-state index >= 15 is 0 Å². The molecule has 0 fully saturated rings. The van der Waals surface area contributed by atoms with Gasteiger partial charge in [0.05, 0.1) is 49.4 Å². The molecule has 38 heavy (non-hydrogen) atoms. The molecular weight excluding hydrogens is 480 g/mol. The second-order valence-electron chi connectivity index (χ2n) is 9.09. The lowest BCUT2D eigenvalue weighted by atomic mass is 10.2. The van der Waals surface area contributed by atoms with E-state index in [2.05, 4.69) is 33.8 Å². The lowest BCUT2D eigenvalue weighted by Gasteiger charge is -2.08. The number of hydrogen-bond acceptors (Lipinski definition) is 8. The summed E-state index contributed by atoms with van der Waals surface area (Å²) >= 11 is 0. The molecule has 3 aromatic rings. The minimum absolute atomic E-state index is 0.650. The van der Waals surface area contributed by atoms with Crippen molar-refractivity contribution in [2.75, 3.05) is 39.6 Å². The highest BCUT2D eigenvalue weighted by Gasteiger charge is 2.07. The first kappa shape index (κ1) is 29.5. The number of hydrogen-bond donors (Lipinski definition) is 0. The lowest BCUT2D eigenvalue weighted by Crippen LogP contribution is -2.02. The van der Waals surface area contributed by atoms with E-state index in [9.17, 15) is 0 Å². The molecule has 0 amide bonds. The van der Waals surface area contributed by atoms with Crippen molar-refractivity contribution < 1.29 is 18.9 Å². The zero-order chi connectivity index (χ0) is 26.7. The summed E-state index contributed by atoms with van der Waals surface area (Å²) in [5, 5.41) is 0. The molecule has 3 heterocycles. The predicted octanol–water partition coefficient (Wildman–Crippen LogP) is 6.55. The van der Waals surface area contributed by atoms with Gasteiger partial charge in [-0.1, -0.05) is 26.7 Å². The molecule has 8 nitrogen and oxygen atoms in total. The van der Waals surface area contributed by atoms with E-state index in [0.29, 0.717) is 24.6 Å². The Bertz CT molecular complexity index is 916. The van der Waals surface area contributed by atoms with Crippen LogP contribution in [0.4, 0.5) is 0 Å². The minimum atomic E-state index is 0.650. The van der Waals surface area contributed by atoms with Gasteiger partial charge in [0.25, 0.3) is 0 Å². The van der Waals surface area contributed by atoms with Crippen LogP contribution in [0.2, 0.25) is 0 Å². The highest BCUT2D eigenvalue weighted by molar-refractivity contribution is 5.58. The molecule has 0 unspecified atom stereocenters. The second-order valence-corrected chi connectivity index (χ2v) is 9.09. The molecule has 0 aromatic carbocycles. The molecule has 0 bridgehead atoms. The van der Waals surface area contributed by atoms with Crippen molar-refractivity contribution in [1.82, 2.24) is 19.9 Å². The Labute approximate surface area is 227 Å². The number of aromatic nitrogens is 4. The fourth-order valence-corrected chi connectivity index (χ4v) is 3.52. The van der Waals surface area contributed by atoms with Crippen LogP contribution in [0.25, 0.3) is 22.8 Å². The predicted molar refractivity (Wildman–Crippen MR) is 149 cm³/mol. The van der Waals surface area contributed by atoms with Crippen molar-refractivity contribution in [2.24, 2.45) is 0 Å². The van der Waals surface area contributed by atoms with Crippen LogP contribution in [-0.2, 0) is 9.47 Å². The fourth-order valence-electron chi connectivity index (χ4n) is 3.52. The monoisotopic (exact) mass is 522 g/mol. The summed E-state index contributed by atoms with van der Waals surface area (Å²) in [7, 11) is 0.